The van der Waals surface area contributed by atoms with Crippen LogP contribution >= 0.6 is 0 Å². The van der Waals surface area contributed by atoms with Gasteiger partial charge in [0.2, 0.25) is 11.6 Å². The van der Waals surface area contributed by atoms with E-state index in [4.69, 9.17) is 4.74 Å². The summed E-state index contributed by atoms with van der Waals surface area (Å²) in [7, 11) is 0. The van der Waals surface area contributed by atoms with Crippen molar-refractivity contribution in [2.45, 2.75) is 13.2 Å². The number of piperazine rings is 1. The Balaban J connectivity index is 1.32. The quantitative estimate of drug-likeness (QED) is 0.410. The number of pyridine rings is 1. The number of ether oxygens (including phenoxy) is 1. The largest absolute Gasteiger partial charge is 0.483 e. The Morgan fingerprint density at radius 2 is 1.58 bits per heavy atom. The van der Waals surface area contributed by atoms with Gasteiger partial charge in [0.1, 0.15) is 6.61 Å². The molecule has 1 saturated heterocycles. The zero-order valence-electron chi connectivity index (χ0n) is 17.6. The molecule has 9 heteroatoms. The number of carbonyl (C=O) groups is 1. The molecule has 1 aliphatic heterocycles. The number of amides is 1. The topological polar surface area (TPSA) is 45.7 Å². The molecule has 1 aliphatic rings. The van der Waals surface area contributed by atoms with Crippen LogP contribution in [-0.2, 0) is 13.2 Å². The summed E-state index contributed by atoms with van der Waals surface area (Å²) in [5, 5.41) is 0. The summed E-state index contributed by atoms with van der Waals surface area (Å²) in [5.74, 6) is -7.49. The fourth-order valence-corrected chi connectivity index (χ4v) is 3.62. The summed E-state index contributed by atoms with van der Waals surface area (Å²) in [6, 6.07) is 10.3. The molecule has 33 heavy (non-hydrogen) atoms. The number of aromatic nitrogens is 1. The minimum absolute atomic E-state index is 0.118. The van der Waals surface area contributed by atoms with Gasteiger partial charge in [-0.25, -0.2) is 8.78 Å². The van der Waals surface area contributed by atoms with Crippen molar-refractivity contribution >= 4 is 5.91 Å². The van der Waals surface area contributed by atoms with Crippen LogP contribution in [0, 0.1) is 23.3 Å². The van der Waals surface area contributed by atoms with Gasteiger partial charge >= 0.3 is 0 Å². The first kappa shape index (κ1) is 22.7. The zero-order chi connectivity index (χ0) is 23.4. The van der Waals surface area contributed by atoms with Gasteiger partial charge in [-0.15, -0.1) is 0 Å². The third-order valence-electron chi connectivity index (χ3n) is 5.44. The Hall–Kier alpha value is -3.46. The SMILES string of the molecule is O=C(c1ccc(COc2c(F)c(F)cc(F)c2F)cc1)N1CCN(Cc2cccnc2)CC1. The van der Waals surface area contributed by atoms with E-state index < -0.39 is 29.0 Å². The minimum Gasteiger partial charge on any atom is -0.483 e. The molecular weight excluding hydrogens is 438 g/mol. The number of carbonyl (C=O) groups excluding carboxylic acids is 1. The molecule has 0 atom stereocenters. The Kier molecular flexibility index (Phi) is 6.88. The monoisotopic (exact) mass is 459 g/mol. The van der Waals surface area contributed by atoms with Crippen LogP contribution in [0.2, 0.25) is 0 Å². The average molecular weight is 459 g/mol. The standard InChI is InChI=1S/C24H21F4N3O2/c25-19-12-20(26)22(28)23(21(19)27)33-15-16-3-5-18(6-4-16)24(32)31-10-8-30(9-11-31)14-17-2-1-7-29-13-17/h1-7,12-13H,8-11,14-15H2. The Labute approximate surface area is 188 Å². The first-order valence-electron chi connectivity index (χ1n) is 10.4. The van der Waals surface area contributed by atoms with Crippen molar-refractivity contribution in [2.24, 2.45) is 0 Å². The average Bonchev–Trinajstić information content (AvgIpc) is 2.84. The van der Waals surface area contributed by atoms with Gasteiger partial charge in [-0.1, -0.05) is 18.2 Å². The molecule has 0 bridgehead atoms. The van der Waals surface area contributed by atoms with Gasteiger partial charge in [-0.2, -0.15) is 8.78 Å². The Bertz CT molecular complexity index is 1090. The molecule has 5 nitrogen and oxygen atoms in total. The highest BCUT2D eigenvalue weighted by Crippen LogP contribution is 2.27. The normalized spacial score (nSPS) is 14.4. The van der Waals surface area contributed by atoms with Crippen molar-refractivity contribution in [3.63, 3.8) is 0 Å². The van der Waals surface area contributed by atoms with Crippen LogP contribution in [0.4, 0.5) is 17.6 Å². The van der Waals surface area contributed by atoms with Gasteiger partial charge in [0.15, 0.2) is 17.4 Å². The van der Waals surface area contributed by atoms with Gasteiger partial charge in [0, 0.05) is 56.7 Å². The first-order chi connectivity index (χ1) is 15.9. The van der Waals surface area contributed by atoms with Crippen molar-refractivity contribution < 1.29 is 27.1 Å². The number of benzene rings is 2. The van der Waals surface area contributed by atoms with Crippen LogP contribution in [0.3, 0.4) is 0 Å². The van der Waals surface area contributed by atoms with E-state index in [1.165, 1.54) is 0 Å². The van der Waals surface area contributed by atoms with E-state index in [-0.39, 0.29) is 18.6 Å². The lowest BCUT2D eigenvalue weighted by molar-refractivity contribution is 0.0628. The van der Waals surface area contributed by atoms with Gasteiger partial charge in [0.25, 0.3) is 5.91 Å². The number of nitrogens with zero attached hydrogens (tertiary/aromatic N) is 3. The number of hydrogen-bond acceptors (Lipinski definition) is 4. The fourth-order valence-electron chi connectivity index (χ4n) is 3.62. The van der Waals surface area contributed by atoms with Crippen molar-refractivity contribution in [2.75, 3.05) is 26.2 Å². The summed E-state index contributed by atoms with van der Waals surface area (Å²) >= 11 is 0. The molecule has 2 aromatic carbocycles. The molecule has 0 N–H and O–H groups in total. The van der Waals surface area contributed by atoms with Crippen molar-refractivity contribution in [3.05, 3.63) is 94.8 Å². The lowest BCUT2D eigenvalue weighted by Crippen LogP contribution is -2.48. The lowest BCUT2D eigenvalue weighted by Gasteiger charge is -2.34. The molecule has 0 unspecified atom stereocenters. The lowest BCUT2D eigenvalue weighted by atomic mass is 10.1. The maximum atomic E-state index is 13.7. The fraction of sp³-hybridized carbons (Fsp3) is 0.250. The maximum Gasteiger partial charge on any atom is 0.253 e. The van der Waals surface area contributed by atoms with Crippen LogP contribution in [-0.4, -0.2) is 46.9 Å². The third-order valence-corrected chi connectivity index (χ3v) is 5.44. The summed E-state index contributed by atoms with van der Waals surface area (Å²) < 4.78 is 58.9. The third kappa shape index (κ3) is 5.31. The molecule has 0 aliphatic carbocycles. The predicted molar refractivity (Wildman–Crippen MR) is 112 cm³/mol. The van der Waals surface area contributed by atoms with E-state index in [0.29, 0.717) is 24.2 Å². The minimum atomic E-state index is -1.59. The zero-order valence-corrected chi connectivity index (χ0v) is 17.6. The highest BCUT2D eigenvalue weighted by atomic mass is 19.2. The molecule has 1 amide bonds. The van der Waals surface area contributed by atoms with Crippen LogP contribution in [0.15, 0.2) is 54.9 Å². The molecule has 2 heterocycles. The van der Waals surface area contributed by atoms with E-state index in [1.54, 1.807) is 35.4 Å². The van der Waals surface area contributed by atoms with Gasteiger partial charge in [0.05, 0.1) is 0 Å². The second-order valence-electron chi connectivity index (χ2n) is 7.71. The molecule has 1 aromatic heterocycles. The molecule has 0 radical (unpaired) electrons. The van der Waals surface area contributed by atoms with Gasteiger partial charge < -0.3 is 9.64 Å². The molecule has 1 fully saturated rings. The van der Waals surface area contributed by atoms with Crippen LogP contribution in [0.5, 0.6) is 5.75 Å². The van der Waals surface area contributed by atoms with Crippen LogP contribution < -0.4 is 4.74 Å². The van der Waals surface area contributed by atoms with Crippen LogP contribution in [0.25, 0.3) is 0 Å². The second kappa shape index (κ2) is 9.99. The smallest absolute Gasteiger partial charge is 0.253 e. The van der Waals surface area contributed by atoms with E-state index in [9.17, 15) is 22.4 Å². The van der Waals surface area contributed by atoms with E-state index in [0.717, 1.165) is 25.2 Å². The van der Waals surface area contributed by atoms with E-state index in [1.807, 2.05) is 18.3 Å². The van der Waals surface area contributed by atoms with E-state index in [2.05, 4.69) is 9.88 Å². The Morgan fingerprint density at radius 3 is 2.18 bits per heavy atom. The number of hydrogen-bond donors (Lipinski definition) is 0. The van der Waals surface area contributed by atoms with Crippen molar-refractivity contribution in [1.82, 2.24) is 14.8 Å². The molecular formula is C24H21F4N3O2. The highest BCUT2D eigenvalue weighted by molar-refractivity contribution is 5.94. The molecule has 3 aromatic rings. The molecule has 0 saturated carbocycles. The highest BCUT2D eigenvalue weighted by Gasteiger charge is 2.23. The number of rotatable bonds is 6. The molecule has 4 rings (SSSR count). The maximum absolute atomic E-state index is 13.7. The van der Waals surface area contributed by atoms with Gasteiger partial charge in [-0.3, -0.25) is 14.7 Å². The summed E-state index contributed by atoms with van der Waals surface area (Å²) in [5.41, 5.74) is 2.07. The van der Waals surface area contributed by atoms with Crippen LogP contribution in [0.1, 0.15) is 21.5 Å². The second-order valence-corrected chi connectivity index (χ2v) is 7.71. The summed E-state index contributed by atoms with van der Waals surface area (Å²) in [4.78, 5) is 20.9. The predicted octanol–water partition coefficient (Wildman–Crippen LogP) is 4.18. The number of halogens is 4. The van der Waals surface area contributed by atoms with Crippen molar-refractivity contribution in [3.8, 4) is 5.75 Å². The van der Waals surface area contributed by atoms with Gasteiger partial charge in [-0.05, 0) is 29.3 Å². The summed E-state index contributed by atoms with van der Waals surface area (Å²) in [6.07, 6.45) is 3.56. The van der Waals surface area contributed by atoms with E-state index >= 15 is 0 Å². The molecule has 0 spiro atoms. The Morgan fingerprint density at radius 1 is 0.909 bits per heavy atom. The van der Waals surface area contributed by atoms with Crippen molar-refractivity contribution in [1.29, 1.82) is 0 Å². The first-order valence-corrected chi connectivity index (χ1v) is 10.4. The molecule has 172 valence electrons. The summed E-state index contributed by atoms with van der Waals surface area (Å²) in [6.45, 7) is 3.13.